The van der Waals surface area contributed by atoms with E-state index >= 15 is 0 Å². The lowest BCUT2D eigenvalue weighted by Gasteiger charge is -2.14. The lowest BCUT2D eigenvalue weighted by molar-refractivity contribution is 0.222. The summed E-state index contributed by atoms with van der Waals surface area (Å²) in [7, 11) is 0. The number of hydrogen-bond donors (Lipinski definition) is 1. The molecule has 0 saturated carbocycles. The molecule has 0 aliphatic carbocycles. The number of ether oxygens (including phenoxy) is 1. The van der Waals surface area contributed by atoms with E-state index in [9.17, 15) is 4.79 Å². The van der Waals surface area contributed by atoms with Crippen LogP contribution in [0.1, 0.15) is 12.5 Å². The van der Waals surface area contributed by atoms with Crippen LogP contribution < -0.4 is 10.3 Å². The van der Waals surface area contributed by atoms with E-state index in [0.717, 1.165) is 17.7 Å². The lowest BCUT2D eigenvalue weighted by Crippen LogP contribution is -2.14. The van der Waals surface area contributed by atoms with Crippen LogP contribution >= 0.6 is 0 Å². The Kier molecular flexibility index (Phi) is 4.10. The second-order valence-corrected chi connectivity index (χ2v) is 5.22. The van der Waals surface area contributed by atoms with Gasteiger partial charge in [0, 0.05) is 12.0 Å². The predicted octanol–water partition coefficient (Wildman–Crippen LogP) is 3.64. The number of nitrogens with one attached hydrogen (secondary N) is 1. The number of aromatic nitrogens is 1. The van der Waals surface area contributed by atoms with Gasteiger partial charge < -0.3 is 9.26 Å². The molecule has 3 rings (SSSR count). The third kappa shape index (κ3) is 3.47. The van der Waals surface area contributed by atoms with Crippen LogP contribution in [0.15, 0.2) is 70.0 Å². The minimum absolute atomic E-state index is 0.0819. The third-order valence-corrected chi connectivity index (χ3v) is 3.37. The molecule has 0 amide bonds. The zero-order chi connectivity index (χ0) is 15.4. The van der Waals surface area contributed by atoms with Crippen LogP contribution in [-0.2, 0) is 6.42 Å². The van der Waals surface area contributed by atoms with Crippen molar-refractivity contribution in [1.82, 2.24) is 5.16 Å². The molecule has 4 nitrogen and oxygen atoms in total. The van der Waals surface area contributed by atoms with Gasteiger partial charge in [-0.25, -0.2) is 0 Å². The van der Waals surface area contributed by atoms with Gasteiger partial charge in [0.25, 0.3) is 5.56 Å². The van der Waals surface area contributed by atoms with Crippen LogP contribution in [-0.4, -0.2) is 11.3 Å². The molecular weight excluding hydrogens is 278 g/mol. The molecular formula is C18H17NO3. The zero-order valence-corrected chi connectivity index (χ0v) is 12.3. The first kappa shape index (κ1) is 14.2. The quantitative estimate of drug-likeness (QED) is 0.781. The van der Waals surface area contributed by atoms with Crippen molar-refractivity contribution in [1.29, 1.82) is 0 Å². The molecule has 22 heavy (non-hydrogen) atoms. The predicted molar refractivity (Wildman–Crippen MR) is 85.0 cm³/mol. The van der Waals surface area contributed by atoms with Crippen molar-refractivity contribution in [3.05, 3.63) is 76.6 Å². The molecule has 1 heterocycles. The van der Waals surface area contributed by atoms with E-state index in [4.69, 9.17) is 9.26 Å². The van der Waals surface area contributed by atoms with Crippen LogP contribution in [0.4, 0.5) is 0 Å². The molecule has 0 radical (unpaired) electrons. The van der Waals surface area contributed by atoms with Gasteiger partial charge in [-0.2, -0.15) is 5.16 Å². The van der Waals surface area contributed by atoms with E-state index in [1.165, 1.54) is 11.6 Å². The summed E-state index contributed by atoms with van der Waals surface area (Å²) >= 11 is 0. The molecule has 0 bridgehead atoms. The minimum Gasteiger partial charge on any atom is -0.490 e. The molecule has 4 heteroatoms. The highest BCUT2D eigenvalue weighted by atomic mass is 16.5. The summed E-state index contributed by atoms with van der Waals surface area (Å²) in [6.07, 6.45) is 0.894. The topological polar surface area (TPSA) is 55.2 Å². The van der Waals surface area contributed by atoms with Gasteiger partial charge in [0.05, 0.1) is 12.2 Å². The Balaban J connectivity index is 1.64. The van der Waals surface area contributed by atoms with Gasteiger partial charge in [-0.3, -0.25) is 4.79 Å². The molecule has 2 aromatic carbocycles. The van der Waals surface area contributed by atoms with Gasteiger partial charge in [0.1, 0.15) is 5.75 Å². The number of aromatic amines is 1. The van der Waals surface area contributed by atoms with E-state index in [2.05, 4.69) is 5.16 Å². The maximum atomic E-state index is 11.1. The third-order valence-electron chi connectivity index (χ3n) is 3.37. The van der Waals surface area contributed by atoms with E-state index in [1.807, 2.05) is 61.5 Å². The SMILES string of the molecule is CC(Cc1ccc(-c2cc(=O)[nH]o2)cc1)Oc1ccccc1. The van der Waals surface area contributed by atoms with Gasteiger partial charge in [-0.1, -0.05) is 42.5 Å². The first-order valence-electron chi connectivity index (χ1n) is 7.20. The van der Waals surface area contributed by atoms with Crippen molar-refractivity contribution in [3.8, 4) is 17.1 Å². The van der Waals surface area contributed by atoms with Gasteiger partial charge in [0.2, 0.25) is 0 Å². The number of benzene rings is 2. The molecule has 0 fully saturated rings. The molecule has 1 N–H and O–H groups in total. The molecule has 1 atom stereocenters. The first-order chi connectivity index (χ1) is 10.7. The van der Waals surface area contributed by atoms with Crippen LogP contribution in [0, 0.1) is 0 Å². The Bertz CT molecular complexity index is 772. The fraction of sp³-hybridized carbons (Fsp3) is 0.167. The van der Waals surface area contributed by atoms with E-state index < -0.39 is 0 Å². The maximum Gasteiger partial charge on any atom is 0.280 e. The first-order valence-corrected chi connectivity index (χ1v) is 7.20. The smallest absolute Gasteiger partial charge is 0.280 e. The molecule has 1 unspecified atom stereocenters. The van der Waals surface area contributed by atoms with Gasteiger partial charge in [0.15, 0.2) is 5.76 Å². The van der Waals surface area contributed by atoms with Crippen molar-refractivity contribution < 1.29 is 9.26 Å². The van der Waals surface area contributed by atoms with Crippen molar-refractivity contribution in [2.75, 3.05) is 0 Å². The summed E-state index contributed by atoms with van der Waals surface area (Å²) in [6.45, 7) is 2.05. The van der Waals surface area contributed by atoms with Crippen LogP contribution in [0.3, 0.4) is 0 Å². The van der Waals surface area contributed by atoms with Crippen molar-refractivity contribution in [3.63, 3.8) is 0 Å². The summed E-state index contributed by atoms with van der Waals surface area (Å²) in [5, 5.41) is 2.29. The van der Waals surface area contributed by atoms with E-state index in [1.54, 1.807) is 0 Å². The lowest BCUT2D eigenvalue weighted by atomic mass is 10.1. The molecule has 0 aliphatic rings. The highest BCUT2D eigenvalue weighted by Crippen LogP contribution is 2.19. The van der Waals surface area contributed by atoms with Crippen LogP contribution in [0.25, 0.3) is 11.3 Å². The highest BCUT2D eigenvalue weighted by molar-refractivity contribution is 5.56. The monoisotopic (exact) mass is 295 g/mol. The zero-order valence-electron chi connectivity index (χ0n) is 12.3. The average Bonchev–Trinajstić information content (AvgIpc) is 2.95. The fourth-order valence-electron chi connectivity index (χ4n) is 2.34. The Morgan fingerprint density at radius 3 is 2.45 bits per heavy atom. The summed E-state index contributed by atoms with van der Waals surface area (Å²) in [5.74, 6) is 1.42. The molecule has 112 valence electrons. The number of rotatable bonds is 5. The number of hydrogen-bond acceptors (Lipinski definition) is 3. The largest absolute Gasteiger partial charge is 0.490 e. The summed E-state index contributed by atoms with van der Waals surface area (Å²) in [5.41, 5.74) is 1.81. The van der Waals surface area contributed by atoms with E-state index in [-0.39, 0.29) is 11.7 Å². The normalized spacial score (nSPS) is 12.0. The molecule has 0 spiro atoms. The maximum absolute atomic E-state index is 11.1. The standard InChI is InChI=1S/C18H17NO3/c1-13(21-16-5-3-2-4-6-16)11-14-7-9-15(10-8-14)17-12-18(20)19-22-17/h2-10,12-13H,11H2,1H3,(H,19,20). The Morgan fingerprint density at radius 2 is 1.82 bits per heavy atom. The average molecular weight is 295 g/mol. The molecule has 1 aromatic heterocycles. The summed E-state index contributed by atoms with van der Waals surface area (Å²) in [4.78, 5) is 11.1. The summed E-state index contributed by atoms with van der Waals surface area (Å²) < 4.78 is 11.0. The number of para-hydroxylation sites is 1. The fourth-order valence-corrected chi connectivity index (χ4v) is 2.34. The van der Waals surface area contributed by atoms with Gasteiger partial charge >= 0.3 is 0 Å². The van der Waals surface area contributed by atoms with Gasteiger partial charge in [-0.15, -0.1) is 0 Å². The Morgan fingerprint density at radius 1 is 1.09 bits per heavy atom. The molecule has 0 saturated heterocycles. The number of H-pyrrole nitrogens is 1. The van der Waals surface area contributed by atoms with E-state index in [0.29, 0.717) is 5.76 Å². The van der Waals surface area contributed by atoms with Crippen LogP contribution in [0.2, 0.25) is 0 Å². The van der Waals surface area contributed by atoms with Gasteiger partial charge in [-0.05, 0) is 24.6 Å². The van der Waals surface area contributed by atoms with Crippen LogP contribution in [0.5, 0.6) is 5.75 Å². The van der Waals surface area contributed by atoms with Crippen molar-refractivity contribution in [2.45, 2.75) is 19.4 Å². The van der Waals surface area contributed by atoms with Crippen molar-refractivity contribution >= 4 is 0 Å². The Labute approximate surface area is 128 Å². The Hall–Kier alpha value is -2.75. The molecule has 3 aromatic rings. The second-order valence-electron chi connectivity index (χ2n) is 5.22. The second kappa shape index (κ2) is 6.35. The minimum atomic E-state index is -0.232. The molecule has 0 aliphatic heterocycles. The highest BCUT2D eigenvalue weighted by Gasteiger charge is 2.07. The van der Waals surface area contributed by atoms with Crippen molar-refractivity contribution in [2.24, 2.45) is 0 Å². The summed E-state index contributed by atoms with van der Waals surface area (Å²) in [6, 6.07) is 19.2.